The minimum Gasteiger partial charge on any atom is -0.507 e. The van der Waals surface area contributed by atoms with Crippen molar-refractivity contribution in [3.05, 3.63) is 58.1 Å². The first kappa shape index (κ1) is 18.3. The summed E-state index contributed by atoms with van der Waals surface area (Å²) >= 11 is 1.47. The number of nitrogens with zero attached hydrogens (tertiary/aromatic N) is 3. The van der Waals surface area contributed by atoms with Gasteiger partial charge in [-0.25, -0.2) is 0 Å². The summed E-state index contributed by atoms with van der Waals surface area (Å²) in [5.41, 5.74) is 0.626. The highest BCUT2D eigenvalue weighted by Crippen LogP contribution is 2.40. The molecule has 7 heteroatoms. The van der Waals surface area contributed by atoms with Crippen LogP contribution in [0.1, 0.15) is 22.9 Å². The van der Waals surface area contributed by atoms with E-state index in [1.807, 2.05) is 36.5 Å². The summed E-state index contributed by atoms with van der Waals surface area (Å²) in [5, 5.41) is 12.7. The first-order valence-electron chi connectivity index (χ1n) is 8.37. The molecule has 6 nitrogen and oxygen atoms in total. The maximum atomic E-state index is 12.7. The Kier molecular flexibility index (Phi) is 5.49. The summed E-state index contributed by atoms with van der Waals surface area (Å²) in [6.45, 7) is 1.27. The average molecular weight is 371 g/mol. The smallest absolute Gasteiger partial charge is 0.295 e. The number of thiophene rings is 1. The number of carbonyl (C=O) groups excluding carboxylic acids is 2. The van der Waals surface area contributed by atoms with E-state index in [2.05, 4.69) is 4.98 Å². The van der Waals surface area contributed by atoms with Gasteiger partial charge >= 0.3 is 0 Å². The summed E-state index contributed by atoms with van der Waals surface area (Å²) in [7, 11) is 3.93. The molecular weight excluding hydrogens is 350 g/mol. The fourth-order valence-corrected chi connectivity index (χ4v) is 3.92. The molecular formula is C19H21N3O3S. The van der Waals surface area contributed by atoms with Crippen LogP contribution in [0.3, 0.4) is 0 Å². The monoisotopic (exact) mass is 371 g/mol. The Morgan fingerprint density at radius 1 is 1.27 bits per heavy atom. The van der Waals surface area contributed by atoms with Gasteiger partial charge in [0.25, 0.3) is 11.7 Å². The van der Waals surface area contributed by atoms with Crippen molar-refractivity contribution >= 4 is 28.8 Å². The topological polar surface area (TPSA) is 73.7 Å². The highest BCUT2D eigenvalue weighted by molar-refractivity contribution is 7.10. The van der Waals surface area contributed by atoms with Gasteiger partial charge < -0.3 is 14.9 Å². The van der Waals surface area contributed by atoms with Gasteiger partial charge in [-0.2, -0.15) is 0 Å². The number of rotatable bonds is 6. The van der Waals surface area contributed by atoms with Crippen LogP contribution < -0.4 is 0 Å². The summed E-state index contributed by atoms with van der Waals surface area (Å²) in [4.78, 5) is 33.8. The zero-order valence-electron chi connectivity index (χ0n) is 14.8. The van der Waals surface area contributed by atoms with Gasteiger partial charge in [0.15, 0.2) is 0 Å². The zero-order valence-corrected chi connectivity index (χ0v) is 15.6. The molecule has 3 heterocycles. The molecule has 0 spiro atoms. The fraction of sp³-hybridized carbons (Fsp3) is 0.316. The van der Waals surface area contributed by atoms with Crippen LogP contribution in [0.4, 0.5) is 0 Å². The van der Waals surface area contributed by atoms with E-state index >= 15 is 0 Å². The number of ketones is 1. The van der Waals surface area contributed by atoms with E-state index in [1.54, 1.807) is 29.4 Å². The lowest BCUT2D eigenvalue weighted by Gasteiger charge is -2.24. The lowest BCUT2D eigenvalue weighted by Crippen LogP contribution is -2.32. The molecule has 2 aromatic rings. The Morgan fingerprint density at radius 2 is 2.00 bits per heavy atom. The molecule has 1 amide bonds. The molecule has 0 saturated carbocycles. The summed E-state index contributed by atoms with van der Waals surface area (Å²) in [6.07, 6.45) is 3.84. The van der Waals surface area contributed by atoms with Crippen LogP contribution in [0.5, 0.6) is 0 Å². The molecule has 1 aliphatic rings. The highest BCUT2D eigenvalue weighted by Gasteiger charge is 2.46. The number of Topliss-reactive ketones (excluding diaryl/α,β-unsaturated/α-hetero) is 1. The van der Waals surface area contributed by atoms with Crippen molar-refractivity contribution in [1.82, 2.24) is 14.8 Å². The van der Waals surface area contributed by atoms with Gasteiger partial charge in [0, 0.05) is 29.4 Å². The molecule has 2 aromatic heterocycles. The maximum absolute atomic E-state index is 12.7. The molecule has 3 rings (SSSR count). The third-order valence-electron chi connectivity index (χ3n) is 4.31. The van der Waals surface area contributed by atoms with Crippen LogP contribution in [0, 0.1) is 0 Å². The molecule has 1 N–H and O–H groups in total. The molecule has 0 aliphatic carbocycles. The first-order chi connectivity index (χ1) is 12.5. The Hall–Kier alpha value is -2.51. The van der Waals surface area contributed by atoms with Gasteiger partial charge in [-0.3, -0.25) is 14.6 Å². The molecule has 26 heavy (non-hydrogen) atoms. The van der Waals surface area contributed by atoms with Crippen molar-refractivity contribution < 1.29 is 14.7 Å². The van der Waals surface area contributed by atoms with Crippen LogP contribution in [0.25, 0.3) is 5.76 Å². The van der Waals surface area contributed by atoms with E-state index in [-0.39, 0.29) is 11.3 Å². The van der Waals surface area contributed by atoms with Crippen molar-refractivity contribution in [2.24, 2.45) is 0 Å². The van der Waals surface area contributed by atoms with E-state index in [4.69, 9.17) is 0 Å². The highest BCUT2D eigenvalue weighted by atomic mass is 32.1. The van der Waals surface area contributed by atoms with Gasteiger partial charge in [-0.15, -0.1) is 11.3 Å². The van der Waals surface area contributed by atoms with E-state index < -0.39 is 17.7 Å². The molecule has 1 aliphatic heterocycles. The third-order valence-corrected chi connectivity index (χ3v) is 5.24. The standard InChI is InChI=1S/C19H21N3O3S/c1-21(2)10-4-11-22-16(14-5-3-12-26-14)15(18(24)19(22)25)17(23)13-6-8-20-9-7-13/h3,5-9,12,16,23H,4,10-11H2,1-2H3/t16-/m0/s1. The summed E-state index contributed by atoms with van der Waals surface area (Å²) in [5.74, 6) is -1.35. The number of aliphatic hydroxyl groups is 1. The Labute approximate surface area is 156 Å². The van der Waals surface area contributed by atoms with Crippen LogP contribution in [-0.4, -0.2) is 58.8 Å². The van der Waals surface area contributed by atoms with Crippen molar-refractivity contribution in [3.63, 3.8) is 0 Å². The second-order valence-electron chi connectivity index (χ2n) is 6.40. The number of carbonyl (C=O) groups is 2. The predicted octanol–water partition coefficient (Wildman–Crippen LogP) is 2.52. The quantitative estimate of drug-likeness (QED) is 0.480. The molecule has 0 aromatic carbocycles. The van der Waals surface area contributed by atoms with E-state index in [1.165, 1.54) is 11.3 Å². The minimum absolute atomic E-state index is 0.147. The average Bonchev–Trinajstić information content (AvgIpc) is 3.24. The molecule has 0 bridgehead atoms. The lowest BCUT2D eigenvalue weighted by molar-refractivity contribution is -0.139. The van der Waals surface area contributed by atoms with Gasteiger partial charge in [-0.05, 0) is 50.6 Å². The number of pyridine rings is 1. The summed E-state index contributed by atoms with van der Waals surface area (Å²) in [6, 6.07) is 6.47. The fourth-order valence-electron chi connectivity index (χ4n) is 3.08. The van der Waals surface area contributed by atoms with Gasteiger partial charge in [0.05, 0.1) is 11.6 Å². The van der Waals surface area contributed by atoms with Gasteiger partial charge in [0.2, 0.25) is 0 Å². The minimum atomic E-state index is -0.637. The summed E-state index contributed by atoms with van der Waals surface area (Å²) < 4.78 is 0. The van der Waals surface area contributed by atoms with Crippen molar-refractivity contribution in [1.29, 1.82) is 0 Å². The van der Waals surface area contributed by atoms with E-state index in [0.717, 1.165) is 17.8 Å². The third kappa shape index (κ3) is 3.54. The zero-order chi connectivity index (χ0) is 18.7. The second-order valence-corrected chi connectivity index (χ2v) is 7.38. The van der Waals surface area contributed by atoms with E-state index in [0.29, 0.717) is 12.1 Å². The molecule has 1 saturated heterocycles. The number of likely N-dealkylation sites (tertiary alicyclic amines) is 1. The molecule has 1 atom stereocenters. The first-order valence-corrected chi connectivity index (χ1v) is 9.25. The number of aromatic nitrogens is 1. The number of hydrogen-bond donors (Lipinski definition) is 1. The number of aliphatic hydroxyl groups excluding tert-OH is 1. The van der Waals surface area contributed by atoms with Crippen molar-refractivity contribution in [3.8, 4) is 0 Å². The number of amides is 1. The van der Waals surface area contributed by atoms with Crippen LogP contribution >= 0.6 is 11.3 Å². The molecule has 0 unspecified atom stereocenters. The van der Waals surface area contributed by atoms with E-state index in [9.17, 15) is 14.7 Å². The van der Waals surface area contributed by atoms with Crippen molar-refractivity contribution in [2.45, 2.75) is 12.5 Å². The van der Waals surface area contributed by atoms with Crippen LogP contribution in [-0.2, 0) is 9.59 Å². The molecule has 0 radical (unpaired) electrons. The molecule has 1 fully saturated rings. The van der Waals surface area contributed by atoms with Gasteiger partial charge in [-0.1, -0.05) is 6.07 Å². The largest absolute Gasteiger partial charge is 0.507 e. The number of hydrogen-bond acceptors (Lipinski definition) is 6. The predicted molar refractivity (Wildman–Crippen MR) is 101 cm³/mol. The van der Waals surface area contributed by atoms with Gasteiger partial charge in [0.1, 0.15) is 5.76 Å². The lowest BCUT2D eigenvalue weighted by atomic mass is 10.0. The maximum Gasteiger partial charge on any atom is 0.295 e. The Bertz CT molecular complexity index is 816. The Morgan fingerprint density at radius 3 is 2.62 bits per heavy atom. The second kappa shape index (κ2) is 7.80. The van der Waals surface area contributed by atoms with Crippen LogP contribution in [0.2, 0.25) is 0 Å². The van der Waals surface area contributed by atoms with Crippen LogP contribution in [0.15, 0.2) is 47.6 Å². The normalized spacial score (nSPS) is 19.5. The van der Waals surface area contributed by atoms with Crippen molar-refractivity contribution in [2.75, 3.05) is 27.2 Å². The Balaban J connectivity index is 2.02. The molecule has 136 valence electrons. The SMILES string of the molecule is CN(C)CCCN1C(=O)C(=O)C(=C(O)c2ccncc2)[C@@H]1c1cccs1.